The first kappa shape index (κ1) is 22.2. The lowest BCUT2D eigenvalue weighted by atomic mass is 9.91. The molecule has 1 atom stereocenters. The second kappa shape index (κ2) is 11.0. The lowest BCUT2D eigenvalue weighted by Crippen LogP contribution is -2.30. The molecule has 0 aliphatic carbocycles. The van der Waals surface area contributed by atoms with E-state index in [2.05, 4.69) is 65.6 Å². The summed E-state index contributed by atoms with van der Waals surface area (Å²) < 4.78 is 5.26. The van der Waals surface area contributed by atoms with Crippen LogP contribution in [0.15, 0.2) is 90.6 Å². The van der Waals surface area contributed by atoms with Gasteiger partial charge in [0.25, 0.3) is 0 Å². The first-order chi connectivity index (χ1) is 15.8. The molecule has 32 heavy (non-hydrogen) atoms. The summed E-state index contributed by atoms with van der Waals surface area (Å²) in [5, 5.41) is 11.0. The minimum absolute atomic E-state index is 0.506. The molecule has 1 fully saturated rings. The molecule has 3 aromatic carbocycles. The molecular weight excluding hydrogens is 394 g/mol. The van der Waals surface area contributed by atoms with Crippen LogP contribution in [-0.4, -0.2) is 30.2 Å². The summed E-state index contributed by atoms with van der Waals surface area (Å²) in [6.45, 7) is 2.16. The molecule has 1 heterocycles. The summed E-state index contributed by atoms with van der Waals surface area (Å²) in [5.74, 6) is 0.810. The van der Waals surface area contributed by atoms with Crippen LogP contribution in [0.3, 0.4) is 0 Å². The Labute approximate surface area is 192 Å². The molecule has 3 nitrogen and oxygen atoms in total. The number of ether oxygens (including phenoxy) is 1. The number of rotatable bonds is 8. The van der Waals surface area contributed by atoms with E-state index in [0.29, 0.717) is 6.42 Å². The molecule has 0 bridgehead atoms. The zero-order valence-electron chi connectivity index (χ0n) is 18.9. The lowest BCUT2D eigenvalue weighted by molar-refractivity contribution is 0.162. The summed E-state index contributed by atoms with van der Waals surface area (Å²) in [6.07, 6.45) is 4.74. The highest BCUT2D eigenvalue weighted by atomic mass is 16.5. The van der Waals surface area contributed by atoms with Gasteiger partial charge in [0, 0.05) is 24.4 Å². The fraction of sp³-hybridized carbons (Fsp3) is 0.310. The molecule has 1 N–H and O–H groups in total. The van der Waals surface area contributed by atoms with Gasteiger partial charge in [0.2, 0.25) is 0 Å². The molecule has 0 saturated carbocycles. The first-order valence-electron chi connectivity index (χ1n) is 11.7. The molecule has 1 unspecified atom stereocenters. The van der Waals surface area contributed by atoms with Crippen LogP contribution in [0.4, 0.5) is 0 Å². The smallest absolute Gasteiger partial charge is 0.118 e. The molecular formula is C29H33NO2. The van der Waals surface area contributed by atoms with Gasteiger partial charge in [-0.3, -0.25) is 0 Å². The number of hydrogen-bond acceptors (Lipinski definition) is 3. The van der Waals surface area contributed by atoms with Crippen molar-refractivity contribution in [2.75, 3.05) is 20.2 Å². The van der Waals surface area contributed by atoms with Gasteiger partial charge >= 0.3 is 0 Å². The van der Waals surface area contributed by atoms with E-state index in [0.717, 1.165) is 30.8 Å². The zero-order chi connectivity index (χ0) is 22.2. The van der Waals surface area contributed by atoms with E-state index in [-0.39, 0.29) is 0 Å². The number of likely N-dealkylation sites (tertiary alicyclic amines) is 1. The minimum atomic E-state index is -0.506. The molecule has 166 valence electrons. The molecule has 0 amide bonds. The van der Waals surface area contributed by atoms with Crippen molar-refractivity contribution in [3.05, 3.63) is 107 Å². The van der Waals surface area contributed by atoms with E-state index < -0.39 is 6.10 Å². The standard InChI is InChI=1S/C29H33NO2/c1-32-26-17-15-23(16-18-26)28(31)20-19-27(30-21-9-4-10-22-30)29(24-11-5-2-6-12-24)25-13-7-3-8-14-25/h2-3,5-8,11-18,28,31H,4,9-10,19-22H2,1H3. The van der Waals surface area contributed by atoms with Crippen LogP contribution in [0.5, 0.6) is 5.75 Å². The summed E-state index contributed by atoms with van der Waals surface area (Å²) in [5.41, 5.74) is 6.03. The van der Waals surface area contributed by atoms with Crippen molar-refractivity contribution in [2.45, 2.75) is 38.2 Å². The van der Waals surface area contributed by atoms with Gasteiger partial charge in [-0.1, -0.05) is 72.8 Å². The maximum absolute atomic E-state index is 11.0. The Hall–Kier alpha value is -3.04. The van der Waals surface area contributed by atoms with E-state index in [1.807, 2.05) is 24.3 Å². The van der Waals surface area contributed by atoms with Gasteiger partial charge in [-0.05, 0) is 60.9 Å². The molecule has 3 aromatic rings. The third kappa shape index (κ3) is 5.41. The Morgan fingerprint density at radius 2 is 1.38 bits per heavy atom. The van der Waals surface area contributed by atoms with E-state index in [1.165, 1.54) is 41.7 Å². The van der Waals surface area contributed by atoms with Crippen molar-refractivity contribution in [1.29, 1.82) is 0 Å². The van der Waals surface area contributed by atoms with Crippen LogP contribution in [0.1, 0.15) is 54.9 Å². The molecule has 0 aromatic heterocycles. The van der Waals surface area contributed by atoms with E-state index in [4.69, 9.17) is 4.74 Å². The molecule has 1 saturated heterocycles. The highest BCUT2D eigenvalue weighted by Gasteiger charge is 2.21. The SMILES string of the molecule is COc1ccc(C(O)CCC(=C(c2ccccc2)c2ccccc2)N2CCCCC2)cc1. The zero-order valence-corrected chi connectivity index (χ0v) is 18.9. The van der Waals surface area contributed by atoms with Crippen molar-refractivity contribution >= 4 is 5.57 Å². The third-order valence-corrected chi connectivity index (χ3v) is 6.31. The van der Waals surface area contributed by atoms with Gasteiger partial charge in [0.15, 0.2) is 0 Å². The Bertz CT molecular complexity index is 949. The second-order valence-corrected chi connectivity index (χ2v) is 8.43. The predicted molar refractivity (Wildman–Crippen MR) is 132 cm³/mol. The largest absolute Gasteiger partial charge is 0.497 e. The van der Waals surface area contributed by atoms with Gasteiger partial charge < -0.3 is 14.7 Å². The Kier molecular flexibility index (Phi) is 7.63. The van der Waals surface area contributed by atoms with Crippen LogP contribution in [-0.2, 0) is 0 Å². The van der Waals surface area contributed by atoms with Crippen molar-refractivity contribution in [1.82, 2.24) is 4.90 Å². The average molecular weight is 428 g/mol. The molecule has 1 aliphatic rings. The van der Waals surface area contributed by atoms with E-state index in [9.17, 15) is 5.11 Å². The number of allylic oxidation sites excluding steroid dienone is 1. The van der Waals surface area contributed by atoms with Gasteiger partial charge in [-0.2, -0.15) is 0 Å². The van der Waals surface area contributed by atoms with E-state index >= 15 is 0 Å². The fourth-order valence-corrected chi connectivity index (χ4v) is 4.58. The molecule has 4 rings (SSSR count). The van der Waals surface area contributed by atoms with Crippen LogP contribution < -0.4 is 4.74 Å². The second-order valence-electron chi connectivity index (χ2n) is 8.43. The first-order valence-corrected chi connectivity index (χ1v) is 11.7. The number of hydrogen-bond donors (Lipinski definition) is 1. The maximum atomic E-state index is 11.0. The van der Waals surface area contributed by atoms with Gasteiger partial charge in [0.1, 0.15) is 5.75 Å². The Morgan fingerprint density at radius 1 is 0.812 bits per heavy atom. The van der Waals surface area contributed by atoms with Crippen LogP contribution in [0.25, 0.3) is 5.57 Å². The number of aliphatic hydroxyl groups is 1. The Balaban J connectivity index is 1.69. The minimum Gasteiger partial charge on any atom is -0.497 e. The lowest BCUT2D eigenvalue weighted by Gasteiger charge is -2.34. The normalized spacial score (nSPS) is 14.6. The Morgan fingerprint density at radius 3 is 1.91 bits per heavy atom. The molecule has 0 radical (unpaired) electrons. The van der Waals surface area contributed by atoms with Gasteiger partial charge in [0.05, 0.1) is 13.2 Å². The third-order valence-electron chi connectivity index (χ3n) is 6.31. The number of methoxy groups -OCH3 is 1. The number of piperidine rings is 1. The highest BCUT2D eigenvalue weighted by molar-refractivity contribution is 5.81. The van der Waals surface area contributed by atoms with Crippen molar-refractivity contribution < 1.29 is 9.84 Å². The van der Waals surface area contributed by atoms with Crippen LogP contribution >= 0.6 is 0 Å². The summed E-state index contributed by atoms with van der Waals surface area (Å²) >= 11 is 0. The van der Waals surface area contributed by atoms with Gasteiger partial charge in [-0.15, -0.1) is 0 Å². The van der Waals surface area contributed by atoms with Crippen molar-refractivity contribution in [3.63, 3.8) is 0 Å². The topological polar surface area (TPSA) is 32.7 Å². The van der Waals surface area contributed by atoms with Crippen molar-refractivity contribution in [3.8, 4) is 5.75 Å². The highest BCUT2D eigenvalue weighted by Crippen LogP contribution is 2.34. The molecule has 3 heteroatoms. The average Bonchev–Trinajstić information content (AvgIpc) is 2.88. The monoisotopic (exact) mass is 427 g/mol. The quantitative estimate of drug-likeness (QED) is 0.448. The fourth-order valence-electron chi connectivity index (χ4n) is 4.58. The molecule has 1 aliphatic heterocycles. The van der Waals surface area contributed by atoms with Crippen molar-refractivity contribution in [2.24, 2.45) is 0 Å². The summed E-state index contributed by atoms with van der Waals surface area (Å²) in [4.78, 5) is 2.56. The number of benzene rings is 3. The molecule has 0 spiro atoms. The van der Waals surface area contributed by atoms with Crippen LogP contribution in [0.2, 0.25) is 0 Å². The number of aliphatic hydroxyl groups excluding tert-OH is 1. The number of nitrogens with zero attached hydrogens (tertiary/aromatic N) is 1. The summed E-state index contributed by atoms with van der Waals surface area (Å²) in [6, 6.07) is 29.1. The van der Waals surface area contributed by atoms with E-state index in [1.54, 1.807) is 7.11 Å². The van der Waals surface area contributed by atoms with Gasteiger partial charge in [-0.25, -0.2) is 0 Å². The summed E-state index contributed by atoms with van der Waals surface area (Å²) in [7, 11) is 1.66. The van der Waals surface area contributed by atoms with Crippen LogP contribution in [0, 0.1) is 0 Å². The predicted octanol–water partition coefficient (Wildman–Crippen LogP) is 6.45. The maximum Gasteiger partial charge on any atom is 0.118 e.